The lowest BCUT2D eigenvalue weighted by molar-refractivity contribution is 0.237. The van der Waals surface area contributed by atoms with E-state index in [9.17, 15) is 4.57 Å². The third-order valence-electron chi connectivity index (χ3n) is 1.34. The average Bonchev–Trinajstić information content (AvgIpc) is 2.21. The molecule has 0 aliphatic heterocycles. The summed E-state index contributed by atoms with van der Waals surface area (Å²) in [5.74, 6) is 0.443. The van der Waals surface area contributed by atoms with Crippen LogP contribution >= 0.6 is 19.2 Å². The van der Waals surface area contributed by atoms with Crippen molar-refractivity contribution in [3.63, 3.8) is 0 Å². The summed E-state index contributed by atoms with van der Waals surface area (Å²) >= 11 is 5.50. The van der Waals surface area contributed by atoms with E-state index in [0.29, 0.717) is 18.5 Å². The molecule has 0 bridgehead atoms. The largest absolute Gasteiger partial charge is 0.331 e. The Kier molecular flexibility index (Phi) is 8.20. The van der Waals surface area contributed by atoms with Crippen LogP contribution in [0.5, 0.6) is 0 Å². The Morgan fingerprint density at radius 3 is 2.07 bits per heavy atom. The predicted octanol–water partition coefficient (Wildman–Crippen LogP) is 3.21. The van der Waals surface area contributed by atoms with Gasteiger partial charge in [-0.05, 0) is 6.42 Å². The van der Waals surface area contributed by atoms with Gasteiger partial charge in [0.05, 0.1) is 19.4 Å². The number of halogens is 1. The molecule has 0 saturated heterocycles. The summed E-state index contributed by atoms with van der Waals surface area (Å²) in [7, 11) is -3.00. The standard InChI is InChI=1S/C9H16ClO3P/c1-3-7-12-14(11,9-5-6-10)13-8-4-2/h3-4H,1-2,5-9H2. The third-order valence-corrected chi connectivity index (χ3v) is 3.56. The second kappa shape index (κ2) is 8.25. The molecule has 0 atom stereocenters. The van der Waals surface area contributed by atoms with Gasteiger partial charge in [-0.15, -0.1) is 24.8 Å². The molecule has 0 aromatic carbocycles. The molecule has 14 heavy (non-hydrogen) atoms. The van der Waals surface area contributed by atoms with Crippen LogP contribution in [0.2, 0.25) is 0 Å². The highest BCUT2D eigenvalue weighted by Crippen LogP contribution is 2.48. The van der Waals surface area contributed by atoms with Gasteiger partial charge in [-0.1, -0.05) is 12.2 Å². The molecule has 0 aromatic heterocycles. The Morgan fingerprint density at radius 1 is 1.21 bits per heavy atom. The molecule has 0 radical (unpaired) electrons. The zero-order chi connectivity index (χ0) is 10.9. The molecule has 0 saturated carbocycles. The molecule has 0 N–H and O–H groups in total. The zero-order valence-electron chi connectivity index (χ0n) is 8.15. The van der Waals surface area contributed by atoms with Crippen molar-refractivity contribution in [2.24, 2.45) is 0 Å². The van der Waals surface area contributed by atoms with E-state index in [4.69, 9.17) is 20.6 Å². The lowest BCUT2D eigenvalue weighted by atomic mass is 10.6. The van der Waals surface area contributed by atoms with Gasteiger partial charge in [0.1, 0.15) is 0 Å². The van der Waals surface area contributed by atoms with Crippen LogP contribution in [0, 0.1) is 0 Å². The summed E-state index contributed by atoms with van der Waals surface area (Å²) in [6.45, 7) is 7.39. The maximum absolute atomic E-state index is 11.9. The van der Waals surface area contributed by atoms with Crippen molar-refractivity contribution in [2.45, 2.75) is 6.42 Å². The van der Waals surface area contributed by atoms with Crippen molar-refractivity contribution in [2.75, 3.05) is 25.3 Å². The van der Waals surface area contributed by atoms with Crippen LogP contribution in [0.15, 0.2) is 25.3 Å². The van der Waals surface area contributed by atoms with E-state index in [1.165, 1.54) is 12.2 Å². The van der Waals surface area contributed by atoms with Crippen molar-refractivity contribution in [3.8, 4) is 0 Å². The van der Waals surface area contributed by atoms with Crippen LogP contribution in [-0.4, -0.2) is 25.3 Å². The summed E-state index contributed by atoms with van der Waals surface area (Å²) in [5.41, 5.74) is 0. The Morgan fingerprint density at radius 2 is 1.71 bits per heavy atom. The van der Waals surface area contributed by atoms with Crippen molar-refractivity contribution < 1.29 is 13.6 Å². The minimum absolute atomic E-state index is 0.219. The van der Waals surface area contributed by atoms with E-state index >= 15 is 0 Å². The smallest absolute Gasteiger partial charge is 0.304 e. The third kappa shape index (κ3) is 6.39. The van der Waals surface area contributed by atoms with E-state index in [1.807, 2.05) is 0 Å². The first-order valence-corrected chi connectivity index (χ1v) is 6.60. The van der Waals surface area contributed by atoms with Gasteiger partial charge in [0, 0.05) is 5.88 Å². The highest BCUT2D eigenvalue weighted by atomic mass is 35.5. The second-order valence-corrected chi connectivity index (χ2v) is 5.11. The average molecular weight is 239 g/mol. The Balaban J connectivity index is 4.09. The maximum atomic E-state index is 11.9. The molecule has 0 fully saturated rings. The topological polar surface area (TPSA) is 35.5 Å². The minimum Gasteiger partial charge on any atom is -0.304 e. The molecule has 3 nitrogen and oxygen atoms in total. The van der Waals surface area contributed by atoms with Crippen LogP contribution in [0.4, 0.5) is 0 Å². The molecule has 0 unspecified atom stereocenters. The fourth-order valence-electron chi connectivity index (χ4n) is 0.752. The van der Waals surface area contributed by atoms with Gasteiger partial charge in [-0.25, -0.2) is 0 Å². The van der Waals surface area contributed by atoms with Crippen molar-refractivity contribution in [1.82, 2.24) is 0 Å². The monoisotopic (exact) mass is 238 g/mol. The van der Waals surface area contributed by atoms with Crippen LogP contribution in [0.3, 0.4) is 0 Å². The molecule has 5 heteroatoms. The summed E-state index contributed by atoms with van der Waals surface area (Å²) in [4.78, 5) is 0. The SMILES string of the molecule is C=CCOP(=O)(CCCCl)OCC=C. The van der Waals surface area contributed by atoms with Crippen LogP contribution < -0.4 is 0 Å². The van der Waals surface area contributed by atoms with Crippen molar-refractivity contribution >= 4 is 19.2 Å². The lowest BCUT2D eigenvalue weighted by Crippen LogP contribution is -2.01. The molecule has 0 spiro atoms. The highest BCUT2D eigenvalue weighted by Gasteiger charge is 2.22. The van der Waals surface area contributed by atoms with Gasteiger partial charge in [0.25, 0.3) is 0 Å². The molecule has 0 rings (SSSR count). The minimum atomic E-state index is -3.00. The molecule has 0 aliphatic carbocycles. The Labute approximate surface area is 90.3 Å². The van der Waals surface area contributed by atoms with Gasteiger partial charge in [-0.2, -0.15) is 0 Å². The fraction of sp³-hybridized carbons (Fsp3) is 0.556. The maximum Gasteiger partial charge on any atom is 0.331 e. The van der Waals surface area contributed by atoms with Gasteiger partial charge in [0.15, 0.2) is 0 Å². The second-order valence-electron chi connectivity index (χ2n) is 2.55. The van der Waals surface area contributed by atoms with Crippen molar-refractivity contribution in [3.05, 3.63) is 25.3 Å². The first-order valence-electron chi connectivity index (χ1n) is 4.34. The van der Waals surface area contributed by atoms with Gasteiger partial charge < -0.3 is 9.05 Å². The number of rotatable bonds is 9. The highest BCUT2D eigenvalue weighted by molar-refractivity contribution is 7.53. The predicted molar refractivity (Wildman–Crippen MR) is 60.1 cm³/mol. The Bertz CT molecular complexity index is 202. The van der Waals surface area contributed by atoms with Gasteiger partial charge in [-0.3, -0.25) is 4.57 Å². The number of alkyl halides is 1. The van der Waals surface area contributed by atoms with Gasteiger partial charge in [0.2, 0.25) is 0 Å². The van der Waals surface area contributed by atoms with Gasteiger partial charge >= 0.3 is 7.60 Å². The summed E-state index contributed by atoms with van der Waals surface area (Å²) < 4.78 is 22.1. The van der Waals surface area contributed by atoms with E-state index in [2.05, 4.69) is 13.2 Å². The van der Waals surface area contributed by atoms with E-state index in [0.717, 1.165) is 0 Å². The fourth-order valence-corrected chi connectivity index (χ4v) is 2.62. The molecule has 0 aliphatic rings. The van der Waals surface area contributed by atoms with Crippen LogP contribution in [0.25, 0.3) is 0 Å². The van der Waals surface area contributed by atoms with Crippen LogP contribution in [-0.2, 0) is 13.6 Å². The number of hydrogen-bond acceptors (Lipinski definition) is 3. The molecule has 0 heterocycles. The first kappa shape index (κ1) is 13.9. The van der Waals surface area contributed by atoms with Crippen LogP contribution in [0.1, 0.15) is 6.42 Å². The summed E-state index contributed by atoms with van der Waals surface area (Å²) in [6, 6.07) is 0. The quantitative estimate of drug-likeness (QED) is 0.352. The molecule has 0 aromatic rings. The first-order chi connectivity index (χ1) is 6.68. The molecular weight excluding hydrogens is 223 g/mol. The summed E-state index contributed by atoms with van der Waals surface area (Å²) in [6.07, 6.45) is 4.00. The molecule has 82 valence electrons. The Hall–Kier alpha value is -0.0800. The van der Waals surface area contributed by atoms with E-state index in [1.54, 1.807) is 0 Å². The lowest BCUT2D eigenvalue weighted by Gasteiger charge is -2.16. The van der Waals surface area contributed by atoms with E-state index < -0.39 is 7.60 Å². The van der Waals surface area contributed by atoms with Crippen molar-refractivity contribution in [1.29, 1.82) is 0 Å². The molecule has 0 amide bonds. The summed E-state index contributed by atoms with van der Waals surface area (Å²) in [5, 5.41) is 0. The molecular formula is C9H16ClO3P. The normalized spacial score (nSPS) is 11.2. The zero-order valence-corrected chi connectivity index (χ0v) is 9.80. The van der Waals surface area contributed by atoms with E-state index in [-0.39, 0.29) is 13.2 Å². The number of hydrogen-bond donors (Lipinski definition) is 0.